The molecule has 0 unspecified atom stereocenters. The van der Waals surface area contributed by atoms with Gasteiger partial charge in [0.15, 0.2) is 11.6 Å². The number of hydrogen-bond acceptors (Lipinski definition) is 2. The molecule has 0 bridgehead atoms. The summed E-state index contributed by atoms with van der Waals surface area (Å²) in [5.74, 6) is -3.66. The van der Waals surface area contributed by atoms with Crippen molar-refractivity contribution in [1.82, 2.24) is 14.6 Å². The summed E-state index contributed by atoms with van der Waals surface area (Å²) in [4.78, 5) is 15.4. The standard InChI is InChI=1S/C19H9Cl3F3N3O/c20-19(21,22)17-16(9-4-2-1-3-5-9)18-26-14(8-15(29)28(18)27-17)10-6-12(24)13(25)7-11(10)23/h1-8,26H. The van der Waals surface area contributed by atoms with E-state index in [1.165, 1.54) is 0 Å². The highest BCUT2D eigenvalue weighted by Crippen LogP contribution is 2.43. The first-order valence-electron chi connectivity index (χ1n) is 8.10. The van der Waals surface area contributed by atoms with E-state index in [1.807, 2.05) is 0 Å². The van der Waals surface area contributed by atoms with E-state index < -0.39 is 26.8 Å². The van der Waals surface area contributed by atoms with Gasteiger partial charge in [-0.25, -0.2) is 13.2 Å². The van der Waals surface area contributed by atoms with Crippen molar-refractivity contribution in [3.63, 3.8) is 0 Å². The molecule has 2 aromatic heterocycles. The number of nitrogens with zero attached hydrogens (tertiary/aromatic N) is 2. The lowest BCUT2D eigenvalue weighted by Gasteiger charge is -2.10. The van der Waals surface area contributed by atoms with Gasteiger partial charge in [0.25, 0.3) is 5.56 Å². The number of nitrogens with one attached hydrogen (secondary N) is 1. The van der Waals surface area contributed by atoms with Gasteiger partial charge in [-0.1, -0.05) is 65.1 Å². The van der Waals surface area contributed by atoms with Crippen LogP contribution in [0.2, 0.25) is 0 Å². The monoisotopic (exact) mass is 457 g/mol. The van der Waals surface area contributed by atoms with E-state index in [2.05, 4.69) is 10.1 Å². The third-order valence-corrected chi connectivity index (χ3v) is 4.78. The quantitative estimate of drug-likeness (QED) is 0.314. The van der Waals surface area contributed by atoms with Crippen molar-refractivity contribution in [1.29, 1.82) is 0 Å². The van der Waals surface area contributed by atoms with Crippen LogP contribution in [0.1, 0.15) is 5.69 Å². The summed E-state index contributed by atoms with van der Waals surface area (Å²) >= 11 is 18.1. The Balaban J connectivity index is 2.08. The Kier molecular flexibility index (Phi) is 4.85. The zero-order valence-electron chi connectivity index (χ0n) is 14.2. The highest BCUT2D eigenvalue weighted by molar-refractivity contribution is 6.66. The maximum absolute atomic E-state index is 14.3. The van der Waals surface area contributed by atoms with Crippen molar-refractivity contribution < 1.29 is 13.2 Å². The molecule has 0 saturated carbocycles. The molecular weight excluding hydrogens is 450 g/mol. The molecule has 0 saturated heterocycles. The van der Waals surface area contributed by atoms with Crippen LogP contribution in [0.3, 0.4) is 0 Å². The lowest BCUT2D eigenvalue weighted by Crippen LogP contribution is -2.15. The Morgan fingerprint density at radius 3 is 2.24 bits per heavy atom. The van der Waals surface area contributed by atoms with Gasteiger partial charge in [0.05, 0.1) is 11.3 Å². The van der Waals surface area contributed by atoms with Gasteiger partial charge in [-0.3, -0.25) is 4.79 Å². The Bertz CT molecular complexity index is 1300. The molecule has 29 heavy (non-hydrogen) atoms. The minimum atomic E-state index is -1.97. The Labute approximate surface area is 176 Å². The number of alkyl halides is 3. The second-order valence-electron chi connectivity index (χ2n) is 6.12. The maximum atomic E-state index is 14.3. The number of H-pyrrole nitrogens is 1. The van der Waals surface area contributed by atoms with Gasteiger partial charge in [-0.2, -0.15) is 9.61 Å². The van der Waals surface area contributed by atoms with Crippen LogP contribution in [0.15, 0.2) is 53.3 Å². The average Bonchev–Trinajstić information content (AvgIpc) is 3.06. The number of rotatable bonds is 2. The van der Waals surface area contributed by atoms with E-state index in [9.17, 15) is 18.0 Å². The molecule has 0 fully saturated rings. The summed E-state index contributed by atoms with van der Waals surface area (Å²) < 4.78 is 40.2. The number of hydrogen-bond donors (Lipinski definition) is 1. The molecule has 2 heterocycles. The van der Waals surface area contributed by atoms with Crippen molar-refractivity contribution >= 4 is 40.4 Å². The first kappa shape index (κ1) is 19.8. The summed E-state index contributed by atoms with van der Waals surface area (Å²) in [6.45, 7) is 0. The van der Waals surface area contributed by atoms with Gasteiger partial charge >= 0.3 is 0 Å². The van der Waals surface area contributed by atoms with Gasteiger partial charge < -0.3 is 4.98 Å². The SMILES string of the molecule is O=c1cc(-c2cc(F)c(F)cc2F)[nH]c2c(-c3ccccc3)c(C(Cl)(Cl)Cl)nn12. The minimum Gasteiger partial charge on any atom is -0.339 e. The van der Waals surface area contributed by atoms with E-state index in [-0.39, 0.29) is 22.6 Å². The zero-order valence-corrected chi connectivity index (χ0v) is 16.5. The summed E-state index contributed by atoms with van der Waals surface area (Å²) in [7, 11) is 0. The average molecular weight is 459 g/mol. The normalized spacial score (nSPS) is 11.9. The number of aromatic nitrogens is 3. The second kappa shape index (κ2) is 7.09. The largest absolute Gasteiger partial charge is 0.339 e. The number of aromatic amines is 1. The van der Waals surface area contributed by atoms with E-state index in [4.69, 9.17) is 34.8 Å². The van der Waals surface area contributed by atoms with Gasteiger partial charge in [-0.05, 0) is 11.6 Å². The lowest BCUT2D eigenvalue weighted by atomic mass is 10.1. The molecule has 2 aromatic carbocycles. The number of benzene rings is 2. The Morgan fingerprint density at radius 1 is 0.931 bits per heavy atom. The van der Waals surface area contributed by atoms with E-state index >= 15 is 0 Å². The van der Waals surface area contributed by atoms with Crippen molar-refractivity contribution in [2.45, 2.75) is 3.79 Å². The van der Waals surface area contributed by atoms with Crippen molar-refractivity contribution in [3.05, 3.63) is 82.0 Å². The first-order chi connectivity index (χ1) is 13.7. The van der Waals surface area contributed by atoms with Crippen molar-refractivity contribution in [3.8, 4) is 22.4 Å². The molecule has 0 radical (unpaired) electrons. The molecule has 1 N–H and O–H groups in total. The predicted octanol–water partition coefficient (Wildman–Crippen LogP) is 5.60. The molecule has 0 atom stereocenters. The van der Waals surface area contributed by atoms with Crippen LogP contribution in [-0.2, 0) is 3.79 Å². The molecule has 0 aliphatic rings. The fourth-order valence-electron chi connectivity index (χ4n) is 2.99. The fraction of sp³-hybridized carbons (Fsp3) is 0.0526. The zero-order chi connectivity index (χ0) is 20.9. The van der Waals surface area contributed by atoms with Gasteiger partial charge in [-0.15, -0.1) is 0 Å². The molecule has 4 nitrogen and oxygen atoms in total. The van der Waals surface area contributed by atoms with Crippen molar-refractivity contribution in [2.75, 3.05) is 0 Å². The topological polar surface area (TPSA) is 50.2 Å². The van der Waals surface area contributed by atoms with Crippen LogP contribution in [-0.4, -0.2) is 14.6 Å². The second-order valence-corrected chi connectivity index (χ2v) is 8.40. The van der Waals surface area contributed by atoms with Gasteiger partial charge in [0.2, 0.25) is 3.79 Å². The molecule has 0 aliphatic heterocycles. The van der Waals surface area contributed by atoms with E-state index in [0.717, 1.165) is 10.6 Å². The molecule has 148 valence electrons. The highest BCUT2D eigenvalue weighted by Gasteiger charge is 2.33. The number of halogens is 6. The summed E-state index contributed by atoms with van der Waals surface area (Å²) in [5.41, 5.74) is -0.161. The van der Waals surface area contributed by atoms with Gasteiger partial charge in [0.1, 0.15) is 17.2 Å². The lowest BCUT2D eigenvalue weighted by molar-refractivity contribution is 0.496. The summed E-state index contributed by atoms with van der Waals surface area (Å²) in [5, 5.41) is 4.10. The van der Waals surface area contributed by atoms with Crippen LogP contribution in [0, 0.1) is 17.5 Å². The summed E-state index contributed by atoms with van der Waals surface area (Å²) in [6, 6.07) is 10.7. The molecule has 0 amide bonds. The summed E-state index contributed by atoms with van der Waals surface area (Å²) in [6.07, 6.45) is 0. The molecular formula is C19H9Cl3F3N3O. The van der Waals surface area contributed by atoms with Crippen LogP contribution < -0.4 is 5.56 Å². The van der Waals surface area contributed by atoms with Crippen LogP contribution >= 0.6 is 34.8 Å². The van der Waals surface area contributed by atoms with Gasteiger partial charge in [0, 0.05) is 17.7 Å². The number of fused-ring (bicyclic) bond motifs is 1. The highest BCUT2D eigenvalue weighted by atomic mass is 35.6. The third-order valence-electron chi connectivity index (χ3n) is 4.25. The third kappa shape index (κ3) is 3.50. The predicted molar refractivity (Wildman–Crippen MR) is 106 cm³/mol. The molecule has 4 aromatic rings. The van der Waals surface area contributed by atoms with Crippen LogP contribution in [0.5, 0.6) is 0 Å². The van der Waals surface area contributed by atoms with Crippen molar-refractivity contribution in [2.24, 2.45) is 0 Å². The Hall–Kier alpha value is -2.48. The molecule has 0 aliphatic carbocycles. The molecule has 0 spiro atoms. The Morgan fingerprint density at radius 2 is 1.59 bits per heavy atom. The first-order valence-corrected chi connectivity index (χ1v) is 9.24. The van der Waals surface area contributed by atoms with E-state index in [0.29, 0.717) is 23.3 Å². The van der Waals surface area contributed by atoms with Crippen LogP contribution in [0.25, 0.3) is 28.0 Å². The maximum Gasteiger partial charge on any atom is 0.274 e. The minimum absolute atomic E-state index is 0.0232. The van der Waals surface area contributed by atoms with E-state index in [1.54, 1.807) is 30.3 Å². The molecule has 10 heteroatoms. The molecule has 4 rings (SSSR count). The van der Waals surface area contributed by atoms with Crippen LogP contribution in [0.4, 0.5) is 13.2 Å². The fourth-order valence-corrected chi connectivity index (χ4v) is 3.39. The smallest absolute Gasteiger partial charge is 0.274 e.